The second-order valence-electron chi connectivity index (χ2n) is 7.42. The fourth-order valence-corrected chi connectivity index (χ4v) is 4.17. The van der Waals surface area contributed by atoms with Crippen molar-refractivity contribution in [2.45, 2.75) is 52.9 Å². The number of aryl methyl sites for hydroxylation is 1. The highest BCUT2D eigenvalue weighted by atomic mass is 127. The molecular weight excluding hydrogens is 511 g/mol. The van der Waals surface area contributed by atoms with E-state index in [0.717, 1.165) is 54.9 Å². The number of hydrogen-bond donors (Lipinski definition) is 2. The van der Waals surface area contributed by atoms with Crippen molar-refractivity contribution in [3.63, 3.8) is 0 Å². The molecule has 0 aromatic carbocycles. The largest absolute Gasteiger partial charge is 0.372 e. The minimum atomic E-state index is 0. The van der Waals surface area contributed by atoms with Gasteiger partial charge in [-0.1, -0.05) is 6.07 Å². The maximum absolute atomic E-state index is 5.81. The Labute approximate surface area is 200 Å². The van der Waals surface area contributed by atoms with Gasteiger partial charge in [0.05, 0.1) is 23.8 Å². The molecule has 1 fully saturated rings. The molecule has 0 aliphatic carbocycles. The number of hydrogen-bond acceptors (Lipinski definition) is 6. The Morgan fingerprint density at radius 3 is 2.57 bits per heavy atom. The van der Waals surface area contributed by atoms with Crippen molar-refractivity contribution >= 4 is 47.1 Å². The second kappa shape index (κ2) is 12.4. The van der Waals surface area contributed by atoms with Gasteiger partial charge in [0.15, 0.2) is 5.96 Å². The highest BCUT2D eigenvalue weighted by Gasteiger charge is 2.22. The van der Waals surface area contributed by atoms with Crippen LogP contribution in [-0.2, 0) is 17.7 Å². The van der Waals surface area contributed by atoms with Crippen LogP contribution < -0.4 is 15.5 Å². The molecule has 166 valence electrons. The first-order chi connectivity index (χ1) is 14.0. The van der Waals surface area contributed by atoms with Crippen LogP contribution in [0, 0.1) is 6.92 Å². The molecule has 2 aromatic heterocycles. The number of morpholine rings is 1. The topological polar surface area (TPSA) is 74.7 Å². The van der Waals surface area contributed by atoms with Gasteiger partial charge in [-0.2, -0.15) is 0 Å². The first kappa shape index (κ1) is 24.8. The predicted octanol–water partition coefficient (Wildman–Crippen LogP) is 3.38. The number of rotatable bonds is 7. The van der Waals surface area contributed by atoms with Gasteiger partial charge < -0.3 is 20.3 Å². The van der Waals surface area contributed by atoms with Gasteiger partial charge in [0, 0.05) is 49.9 Å². The lowest BCUT2D eigenvalue weighted by atomic mass is 10.2. The number of nitrogens with one attached hydrogen (secondary N) is 2. The van der Waals surface area contributed by atoms with Gasteiger partial charge in [-0.3, -0.25) is 0 Å². The van der Waals surface area contributed by atoms with E-state index in [-0.39, 0.29) is 36.2 Å². The van der Waals surface area contributed by atoms with Gasteiger partial charge in [0.1, 0.15) is 5.82 Å². The SMILES string of the molecule is CCNC(=NCc1ccc(N2CC(C)OC(C)C2)nc1)NCCc1ncc(C)s1.I. The third-order valence-corrected chi connectivity index (χ3v) is 5.59. The molecule has 3 rings (SSSR count). The van der Waals surface area contributed by atoms with E-state index >= 15 is 0 Å². The summed E-state index contributed by atoms with van der Waals surface area (Å²) in [6.07, 6.45) is 5.20. The third kappa shape index (κ3) is 7.66. The van der Waals surface area contributed by atoms with Crippen LogP contribution in [0.5, 0.6) is 0 Å². The average molecular weight is 545 g/mol. The van der Waals surface area contributed by atoms with E-state index in [1.807, 2.05) is 12.4 Å². The first-order valence-corrected chi connectivity index (χ1v) is 11.1. The number of halogens is 1. The molecule has 0 amide bonds. The quantitative estimate of drug-likeness (QED) is 0.317. The van der Waals surface area contributed by atoms with Crippen LogP contribution in [0.15, 0.2) is 29.5 Å². The summed E-state index contributed by atoms with van der Waals surface area (Å²) in [4.78, 5) is 17.3. The Balaban J connectivity index is 0.00000320. The average Bonchev–Trinajstić information content (AvgIpc) is 3.11. The number of ether oxygens (including phenoxy) is 1. The van der Waals surface area contributed by atoms with Gasteiger partial charge in [0.2, 0.25) is 0 Å². The first-order valence-electron chi connectivity index (χ1n) is 10.3. The molecule has 1 saturated heterocycles. The Kier molecular flexibility index (Phi) is 10.3. The monoisotopic (exact) mass is 544 g/mol. The zero-order chi connectivity index (χ0) is 20.6. The van der Waals surface area contributed by atoms with Crippen LogP contribution in [0.2, 0.25) is 0 Å². The van der Waals surface area contributed by atoms with E-state index in [9.17, 15) is 0 Å². The number of nitrogens with zero attached hydrogens (tertiary/aromatic N) is 4. The Bertz CT molecular complexity index is 787. The minimum absolute atomic E-state index is 0. The Morgan fingerprint density at radius 2 is 1.97 bits per heavy atom. The van der Waals surface area contributed by atoms with Crippen molar-refractivity contribution < 1.29 is 4.74 Å². The van der Waals surface area contributed by atoms with Crippen molar-refractivity contribution in [1.29, 1.82) is 0 Å². The molecular formula is C21H33IN6OS. The molecule has 0 bridgehead atoms. The molecule has 1 aliphatic rings. The van der Waals surface area contributed by atoms with Gasteiger partial charge in [-0.05, 0) is 39.3 Å². The fraction of sp³-hybridized carbons (Fsp3) is 0.571. The summed E-state index contributed by atoms with van der Waals surface area (Å²) in [5.74, 6) is 1.82. The van der Waals surface area contributed by atoms with Crippen molar-refractivity contribution in [2.75, 3.05) is 31.1 Å². The lowest BCUT2D eigenvalue weighted by molar-refractivity contribution is -0.00545. The molecule has 2 aromatic rings. The molecule has 2 N–H and O–H groups in total. The van der Waals surface area contributed by atoms with E-state index in [2.05, 4.69) is 65.3 Å². The summed E-state index contributed by atoms with van der Waals surface area (Å²) in [5.41, 5.74) is 1.09. The van der Waals surface area contributed by atoms with Crippen molar-refractivity contribution in [3.05, 3.63) is 40.0 Å². The standard InChI is InChI=1S/C21H32N6OS.HI/c1-5-22-21(23-9-8-20-25-10-17(4)29-20)26-12-18-6-7-19(24-11-18)27-13-15(2)28-16(3)14-27;/h6-7,10-11,15-16H,5,8-9,12-14H2,1-4H3,(H2,22,23,26);1H. The molecule has 7 nitrogen and oxygen atoms in total. The Hall–Kier alpha value is -1.46. The molecule has 0 radical (unpaired) electrons. The summed E-state index contributed by atoms with van der Waals surface area (Å²) in [6, 6.07) is 4.19. The van der Waals surface area contributed by atoms with E-state index in [1.54, 1.807) is 11.3 Å². The number of thiazole rings is 1. The number of aliphatic imine (C=N–C) groups is 1. The molecule has 0 saturated carbocycles. The molecule has 0 spiro atoms. The molecule has 9 heteroatoms. The van der Waals surface area contributed by atoms with Crippen molar-refractivity contribution in [1.82, 2.24) is 20.6 Å². The summed E-state index contributed by atoms with van der Waals surface area (Å²) in [7, 11) is 0. The molecule has 1 aliphatic heterocycles. The summed E-state index contributed by atoms with van der Waals surface area (Å²) in [5, 5.41) is 7.83. The predicted molar refractivity (Wildman–Crippen MR) is 135 cm³/mol. The lowest BCUT2D eigenvalue weighted by Crippen LogP contribution is -2.45. The summed E-state index contributed by atoms with van der Waals surface area (Å²) >= 11 is 1.74. The normalized spacial score (nSPS) is 19.3. The van der Waals surface area contributed by atoms with Gasteiger partial charge >= 0.3 is 0 Å². The van der Waals surface area contributed by atoms with Gasteiger partial charge in [-0.25, -0.2) is 15.0 Å². The van der Waals surface area contributed by atoms with E-state index in [1.165, 1.54) is 4.88 Å². The zero-order valence-electron chi connectivity index (χ0n) is 18.2. The zero-order valence-corrected chi connectivity index (χ0v) is 21.4. The maximum Gasteiger partial charge on any atom is 0.191 e. The van der Waals surface area contributed by atoms with Crippen LogP contribution in [0.1, 0.15) is 36.2 Å². The number of aromatic nitrogens is 2. The second-order valence-corrected chi connectivity index (χ2v) is 8.74. The van der Waals surface area contributed by atoms with E-state index in [0.29, 0.717) is 6.54 Å². The molecule has 30 heavy (non-hydrogen) atoms. The number of guanidine groups is 1. The van der Waals surface area contributed by atoms with Crippen molar-refractivity contribution in [2.24, 2.45) is 4.99 Å². The highest BCUT2D eigenvalue weighted by molar-refractivity contribution is 14.0. The minimum Gasteiger partial charge on any atom is -0.372 e. The molecule has 2 atom stereocenters. The highest BCUT2D eigenvalue weighted by Crippen LogP contribution is 2.18. The Morgan fingerprint density at radius 1 is 1.20 bits per heavy atom. The third-order valence-electron chi connectivity index (χ3n) is 4.62. The summed E-state index contributed by atoms with van der Waals surface area (Å²) in [6.45, 7) is 12.4. The lowest BCUT2D eigenvalue weighted by Gasteiger charge is -2.36. The smallest absolute Gasteiger partial charge is 0.191 e. The van der Waals surface area contributed by atoms with Crippen LogP contribution in [0.3, 0.4) is 0 Å². The van der Waals surface area contributed by atoms with Gasteiger partial charge in [-0.15, -0.1) is 35.3 Å². The van der Waals surface area contributed by atoms with Gasteiger partial charge in [0.25, 0.3) is 0 Å². The summed E-state index contributed by atoms with van der Waals surface area (Å²) < 4.78 is 5.81. The van der Waals surface area contributed by atoms with E-state index < -0.39 is 0 Å². The van der Waals surface area contributed by atoms with Crippen molar-refractivity contribution in [3.8, 4) is 0 Å². The number of anilines is 1. The maximum atomic E-state index is 5.81. The van der Waals surface area contributed by atoms with Crippen LogP contribution >= 0.6 is 35.3 Å². The van der Waals surface area contributed by atoms with Crippen LogP contribution in [0.4, 0.5) is 5.82 Å². The molecule has 2 unspecified atom stereocenters. The van der Waals surface area contributed by atoms with Crippen LogP contribution in [-0.4, -0.2) is 54.3 Å². The fourth-order valence-electron chi connectivity index (χ4n) is 3.38. The van der Waals surface area contributed by atoms with Crippen LogP contribution in [0.25, 0.3) is 0 Å². The molecule has 3 heterocycles. The number of pyridine rings is 1. The van der Waals surface area contributed by atoms with E-state index in [4.69, 9.17) is 9.73 Å².